The number of allylic oxidation sites excluding steroid dienone is 2. The Morgan fingerprint density at radius 1 is 0.700 bits per heavy atom. The monoisotopic (exact) mass is 716 g/mol. The maximum atomic E-state index is 10.8. The first-order valence-corrected chi connectivity index (χ1v) is 20.8. The molecule has 1 aliphatic carbocycles. The van der Waals surface area contributed by atoms with Crippen LogP contribution in [0.1, 0.15) is 162 Å². The number of fused-ring (bicyclic) bond motifs is 1. The average molecular weight is 716 g/mol. The molecule has 0 amide bonds. The van der Waals surface area contributed by atoms with E-state index in [9.17, 15) is 5.11 Å². The first-order valence-electron chi connectivity index (χ1n) is 20.4. The van der Waals surface area contributed by atoms with E-state index < -0.39 is 11.9 Å². The van der Waals surface area contributed by atoms with E-state index in [4.69, 9.17) is 30.9 Å². The van der Waals surface area contributed by atoms with Crippen LogP contribution in [0.3, 0.4) is 0 Å². The van der Waals surface area contributed by atoms with Gasteiger partial charge in [0.2, 0.25) is 5.79 Å². The summed E-state index contributed by atoms with van der Waals surface area (Å²) < 4.78 is 19.0. The predicted molar refractivity (Wildman–Crippen MR) is 210 cm³/mol. The molecule has 0 saturated heterocycles. The van der Waals surface area contributed by atoms with Gasteiger partial charge in [0.1, 0.15) is 5.75 Å². The summed E-state index contributed by atoms with van der Waals surface area (Å²) in [5.74, 6) is -0.195. The van der Waals surface area contributed by atoms with Crippen molar-refractivity contribution >= 4 is 17.3 Å². The quantitative estimate of drug-likeness (QED) is 0.0571. The largest absolute Gasteiger partial charge is 0.494 e. The number of benzene rings is 1. The Kier molecular flexibility index (Phi) is 22.6. The highest BCUT2D eigenvalue weighted by atomic mass is 35.5. The van der Waals surface area contributed by atoms with E-state index >= 15 is 0 Å². The van der Waals surface area contributed by atoms with Gasteiger partial charge < -0.3 is 19.3 Å². The third-order valence-electron chi connectivity index (χ3n) is 9.66. The molecule has 1 unspecified atom stereocenters. The summed E-state index contributed by atoms with van der Waals surface area (Å²) in [6, 6.07) is 7.41. The van der Waals surface area contributed by atoms with E-state index in [0.29, 0.717) is 37.8 Å². The van der Waals surface area contributed by atoms with Crippen LogP contribution in [0.5, 0.6) is 5.75 Å². The average Bonchev–Trinajstić information content (AvgIpc) is 3.54. The Morgan fingerprint density at radius 3 is 1.74 bits per heavy atom. The Labute approximate surface area is 310 Å². The summed E-state index contributed by atoms with van der Waals surface area (Å²) in [5, 5.41) is 18.2. The van der Waals surface area contributed by atoms with Gasteiger partial charge in [-0.1, -0.05) is 147 Å². The van der Waals surface area contributed by atoms with Crippen molar-refractivity contribution in [2.24, 2.45) is 5.10 Å². The molecule has 1 aromatic rings. The fraction of sp³-hybridized carbons (Fsp3) is 0.738. The minimum atomic E-state index is -1.01. The van der Waals surface area contributed by atoms with Crippen LogP contribution in [0.2, 0.25) is 5.02 Å². The lowest BCUT2D eigenvalue weighted by Crippen LogP contribution is -2.45. The van der Waals surface area contributed by atoms with Crippen LogP contribution >= 0.6 is 11.6 Å². The highest BCUT2D eigenvalue weighted by molar-refractivity contribution is 6.30. The predicted octanol–water partition coefficient (Wildman–Crippen LogP) is 11.5. The maximum absolute atomic E-state index is 10.8. The van der Waals surface area contributed by atoms with E-state index in [1.165, 1.54) is 116 Å². The molecule has 3 rings (SSSR count). The summed E-state index contributed by atoms with van der Waals surface area (Å²) in [4.78, 5) is 0. The van der Waals surface area contributed by atoms with Crippen molar-refractivity contribution in [1.82, 2.24) is 10.5 Å². The SMILES string of the molecule is CCCCCCCCCCCCOC1(OCCCCCCCCCCCC)C=CC=C2NN(CC(O)CCCCOc3ccc(Cl)cc3)N=C21. The summed E-state index contributed by atoms with van der Waals surface area (Å²) >= 11 is 5.96. The van der Waals surface area contributed by atoms with Crippen LogP contribution in [-0.4, -0.2) is 54.2 Å². The Hall–Kier alpha value is -2.06. The second-order valence-electron chi connectivity index (χ2n) is 14.3. The molecule has 1 heterocycles. The van der Waals surface area contributed by atoms with Crippen molar-refractivity contribution in [3.8, 4) is 5.75 Å². The van der Waals surface area contributed by atoms with E-state index in [1.807, 2.05) is 42.5 Å². The Balaban J connectivity index is 1.43. The number of halogens is 1. The Bertz CT molecular complexity index is 1070. The van der Waals surface area contributed by atoms with Crippen LogP contribution in [-0.2, 0) is 9.47 Å². The number of aliphatic hydroxyl groups is 1. The second kappa shape index (κ2) is 26.7. The van der Waals surface area contributed by atoms with Gasteiger partial charge in [0.05, 0.1) is 38.2 Å². The number of β-amino-alcohol motifs (C(OH)–C–C–N with tert-alkyl or cyclic N) is 1. The van der Waals surface area contributed by atoms with Gasteiger partial charge in [-0.25, -0.2) is 5.12 Å². The number of nitrogens with zero attached hydrogens (tertiary/aromatic N) is 2. The smallest absolute Gasteiger partial charge is 0.237 e. The zero-order chi connectivity index (χ0) is 35.5. The summed E-state index contributed by atoms with van der Waals surface area (Å²) in [6.45, 7) is 6.80. The van der Waals surface area contributed by atoms with Crippen molar-refractivity contribution in [1.29, 1.82) is 0 Å². The first kappa shape index (κ1) is 42.4. The highest BCUT2D eigenvalue weighted by Crippen LogP contribution is 2.30. The van der Waals surface area contributed by atoms with Crippen LogP contribution in [0, 0.1) is 0 Å². The molecule has 2 aliphatic rings. The number of hydrogen-bond acceptors (Lipinski definition) is 7. The van der Waals surface area contributed by atoms with Gasteiger partial charge in [-0.05, 0) is 68.5 Å². The highest BCUT2D eigenvalue weighted by Gasteiger charge is 2.43. The molecular weight excluding hydrogens is 646 g/mol. The first-order chi connectivity index (χ1) is 24.6. The molecule has 0 aromatic heterocycles. The Morgan fingerprint density at radius 2 is 1.20 bits per heavy atom. The molecule has 8 heteroatoms. The lowest BCUT2D eigenvalue weighted by molar-refractivity contribution is -0.158. The van der Waals surface area contributed by atoms with E-state index in [0.717, 1.165) is 42.8 Å². The fourth-order valence-corrected chi connectivity index (χ4v) is 6.72. The minimum Gasteiger partial charge on any atom is -0.494 e. The molecule has 0 fully saturated rings. The summed E-state index contributed by atoms with van der Waals surface area (Å²) in [6.07, 6.45) is 33.7. The van der Waals surface area contributed by atoms with Crippen LogP contribution in [0.25, 0.3) is 0 Å². The molecule has 0 spiro atoms. The zero-order valence-electron chi connectivity index (χ0n) is 31.7. The van der Waals surface area contributed by atoms with Crippen molar-refractivity contribution in [2.45, 2.75) is 173 Å². The zero-order valence-corrected chi connectivity index (χ0v) is 32.4. The number of hydrogen-bond donors (Lipinski definition) is 2. The molecule has 0 saturated carbocycles. The number of hydrazine groups is 1. The normalized spacial score (nSPS) is 15.5. The molecular formula is C42H70ClN3O4. The van der Waals surface area contributed by atoms with E-state index in [-0.39, 0.29) is 0 Å². The summed E-state index contributed by atoms with van der Waals surface area (Å²) in [5.41, 5.74) is 5.01. The number of unbranched alkanes of at least 4 members (excludes halogenated alkanes) is 19. The van der Waals surface area contributed by atoms with Crippen LogP contribution in [0.4, 0.5) is 0 Å². The van der Waals surface area contributed by atoms with Crippen molar-refractivity contribution in [3.05, 3.63) is 53.2 Å². The lowest BCUT2D eigenvalue weighted by atomic mass is 10.0. The molecule has 1 atom stereocenters. The van der Waals surface area contributed by atoms with Gasteiger partial charge in [-0.2, -0.15) is 5.10 Å². The number of ether oxygens (including phenoxy) is 3. The van der Waals surface area contributed by atoms with Gasteiger partial charge in [0.25, 0.3) is 0 Å². The van der Waals surface area contributed by atoms with Gasteiger partial charge >= 0.3 is 0 Å². The van der Waals surface area contributed by atoms with Gasteiger partial charge in [0.15, 0.2) is 5.71 Å². The molecule has 1 aromatic carbocycles. The molecule has 50 heavy (non-hydrogen) atoms. The third kappa shape index (κ3) is 17.4. The van der Waals surface area contributed by atoms with Crippen molar-refractivity contribution < 1.29 is 19.3 Å². The van der Waals surface area contributed by atoms with Gasteiger partial charge in [-0.3, -0.25) is 5.43 Å². The standard InChI is InChI=1S/C42H70ClN3O4/c1-3-5-7-9-11-13-15-17-19-22-34-49-42(50-35-23-20-18-16-14-12-10-8-6-4-2)32-25-27-40-41(42)45-46(44-40)36-38(47)26-21-24-33-48-39-30-28-37(43)29-31-39/h25,27-32,38,44,47H,3-24,26,33-36H2,1-2H3. The van der Waals surface area contributed by atoms with E-state index in [2.05, 4.69) is 19.3 Å². The van der Waals surface area contributed by atoms with Crippen LogP contribution in [0.15, 0.2) is 53.3 Å². The molecule has 284 valence electrons. The summed E-state index contributed by atoms with van der Waals surface area (Å²) in [7, 11) is 0. The molecule has 0 radical (unpaired) electrons. The van der Waals surface area contributed by atoms with Crippen molar-refractivity contribution in [3.63, 3.8) is 0 Å². The maximum Gasteiger partial charge on any atom is 0.237 e. The fourth-order valence-electron chi connectivity index (χ4n) is 6.60. The number of rotatable bonds is 32. The topological polar surface area (TPSA) is 75.6 Å². The number of aliphatic hydroxyl groups excluding tert-OH is 1. The minimum absolute atomic E-state index is 0.381. The van der Waals surface area contributed by atoms with Gasteiger partial charge in [-0.15, -0.1) is 0 Å². The molecule has 1 aliphatic heterocycles. The second-order valence-corrected chi connectivity index (χ2v) is 14.7. The van der Waals surface area contributed by atoms with Gasteiger partial charge in [0, 0.05) is 5.02 Å². The van der Waals surface area contributed by atoms with Crippen molar-refractivity contribution in [2.75, 3.05) is 26.4 Å². The number of nitrogens with one attached hydrogen (secondary N) is 1. The van der Waals surface area contributed by atoms with Crippen LogP contribution < -0.4 is 10.2 Å². The molecule has 7 nitrogen and oxygen atoms in total. The lowest BCUT2D eigenvalue weighted by Gasteiger charge is -2.32. The number of hydrazone groups is 1. The molecule has 2 N–H and O–H groups in total. The molecule has 0 bridgehead atoms. The van der Waals surface area contributed by atoms with E-state index in [1.54, 1.807) is 5.12 Å². The third-order valence-corrected chi connectivity index (χ3v) is 9.91.